The van der Waals surface area contributed by atoms with Gasteiger partial charge in [0.1, 0.15) is 11.6 Å². The lowest BCUT2D eigenvalue weighted by molar-refractivity contribution is -0.121. The molecule has 6 N–H and O–H groups in total. The summed E-state index contributed by atoms with van der Waals surface area (Å²) in [6, 6.07) is 11.0. The van der Waals surface area contributed by atoms with Gasteiger partial charge in [0.2, 0.25) is 5.91 Å². The number of carbonyl (C=O) groups excluding carboxylic acids is 1. The van der Waals surface area contributed by atoms with Gasteiger partial charge in [-0.3, -0.25) is 19.6 Å². The van der Waals surface area contributed by atoms with Crippen LogP contribution in [-0.4, -0.2) is 36.4 Å². The lowest BCUT2D eigenvalue weighted by Crippen LogP contribution is -2.29. The molecule has 3 rings (SSSR count). The second kappa shape index (κ2) is 10.1. The van der Waals surface area contributed by atoms with Gasteiger partial charge in [-0.05, 0) is 18.6 Å². The number of thioether (sulfide) groups is 2. The molecule has 0 spiro atoms. The normalized spacial score (nSPS) is 10.8. The Hall–Kier alpha value is -2.83. The lowest BCUT2D eigenvalue weighted by atomic mass is 10.3. The first-order valence-corrected chi connectivity index (χ1v) is 10.7. The number of nitrogens with two attached hydrogens (primary N) is 2. The van der Waals surface area contributed by atoms with Crippen molar-refractivity contribution in [2.45, 2.75) is 28.9 Å². The predicted molar refractivity (Wildman–Crippen MR) is 112 cm³/mol. The van der Waals surface area contributed by atoms with Crippen LogP contribution in [0.15, 0.2) is 51.5 Å². The molecule has 1 aromatic carbocycles. The minimum Gasteiger partial charge on any atom is -0.383 e. The predicted octanol–water partition coefficient (Wildman–Crippen LogP) is 1.09. The maximum atomic E-state index is 11.6. The average molecular weight is 433 g/mol. The van der Waals surface area contributed by atoms with E-state index in [1.54, 1.807) is 0 Å². The third-order valence-corrected chi connectivity index (χ3v) is 5.62. The van der Waals surface area contributed by atoms with Crippen molar-refractivity contribution in [2.75, 3.05) is 11.5 Å². The van der Waals surface area contributed by atoms with Crippen LogP contribution in [0, 0.1) is 0 Å². The number of hydrazine groups is 1. The van der Waals surface area contributed by atoms with Gasteiger partial charge in [-0.1, -0.05) is 41.7 Å². The fraction of sp³-hybridized carbons (Fsp3) is 0.235. The fourth-order valence-corrected chi connectivity index (χ4v) is 4.15. The van der Waals surface area contributed by atoms with Crippen molar-refractivity contribution in [2.24, 2.45) is 5.84 Å². The Bertz CT molecular complexity index is 1020. The number of H-pyrrole nitrogens is 1. The molecule has 152 valence electrons. The van der Waals surface area contributed by atoms with Crippen LogP contribution in [0.4, 0.5) is 5.82 Å². The molecule has 2 heterocycles. The number of aromatic amines is 1. The summed E-state index contributed by atoms with van der Waals surface area (Å²) in [6.45, 7) is 0. The molecule has 0 aliphatic rings. The number of nitrogens with zero attached hydrogens (tertiary/aromatic N) is 4. The number of rotatable bonds is 9. The molecule has 0 radical (unpaired) electrons. The highest BCUT2D eigenvalue weighted by Crippen LogP contribution is 2.26. The molecule has 29 heavy (non-hydrogen) atoms. The maximum absolute atomic E-state index is 11.6. The number of para-hydroxylation sites is 1. The molecule has 0 aliphatic carbocycles. The zero-order chi connectivity index (χ0) is 20.6. The summed E-state index contributed by atoms with van der Waals surface area (Å²) in [5.41, 5.74) is 8.37. The SMILES string of the molecule is NNC(=O)CCCSc1nnc(CSc2nc(N)cc(=O)[nH]2)n1-c1ccccc1. The Morgan fingerprint density at radius 2 is 2.00 bits per heavy atom. The van der Waals surface area contributed by atoms with Gasteiger partial charge in [-0.2, -0.15) is 0 Å². The van der Waals surface area contributed by atoms with Gasteiger partial charge >= 0.3 is 0 Å². The van der Waals surface area contributed by atoms with Crippen molar-refractivity contribution in [3.63, 3.8) is 0 Å². The second-order valence-electron chi connectivity index (χ2n) is 5.85. The summed E-state index contributed by atoms with van der Waals surface area (Å²) in [7, 11) is 0. The smallest absolute Gasteiger partial charge is 0.253 e. The van der Waals surface area contributed by atoms with Crippen LogP contribution in [0.3, 0.4) is 0 Å². The highest BCUT2D eigenvalue weighted by Gasteiger charge is 2.15. The molecule has 12 heteroatoms. The van der Waals surface area contributed by atoms with Crippen LogP contribution in [0.25, 0.3) is 5.69 Å². The van der Waals surface area contributed by atoms with Crippen LogP contribution >= 0.6 is 23.5 Å². The van der Waals surface area contributed by atoms with E-state index in [9.17, 15) is 9.59 Å². The van der Waals surface area contributed by atoms with Crippen molar-refractivity contribution < 1.29 is 4.79 Å². The molecule has 0 fully saturated rings. The van der Waals surface area contributed by atoms with E-state index in [1.807, 2.05) is 34.9 Å². The van der Waals surface area contributed by atoms with Gasteiger partial charge in [0.15, 0.2) is 10.3 Å². The minimum atomic E-state index is -0.303. The number of benzene rings is 1. The van der Waals surface area contributed by atoms with Crippen LogP contribution < -0.4 is 22.6 Å². The second-order valence-corrected chi connectivity index (χ2v) is 7.88. The van der Waals surface area contributed by atoms with Crippen LogP contribution in [0.5, 0.6) is 0 Å². The van der Waals surface area contributed by atoms with Gasteiger partial charge in [0.25, 0.3) is 5.56 Å². The number of nitrogens with one attached hydrogen (secondary N) is 2. The zero-order valence-electron chi connectivity index (χ0n) is 15.4. The Balaban J connectivity index is 1.76. The van der Waals surface area contributed by atoms with Crippen molar-refractivity contribution in [3.8, 4) is 5.69 Å². The average Bonchev–Trinajstić information content (AvgIpc) is 3.12. The van der Waals surface area contributed by atoms with E-state index in [1.165, 1.54) is 29.6 Å². The molecule has 0 saturated carbocycles. The monoisotopic (exact) mass is 432 g/mol. The standard InChI is InChI=1S/C17H20N8O2S2/c18-12-9-15(27)21-16(20-12)29-10-13-23-24-17(28-8-4-7-14(26)22-19)25(13)11-5-2-1-3-6-11/h1-3,5-6,9H,4,7-8,10,19H2,(H,22,26)(H3,18,20,21,27). The molecule has 10 nitrogen and oxygen atoms in total. The number of aromatic nitrogens is 5. The molecule has 3 aromatic rings. The first kappa shape index (κ1) is 20.9. The third-order valence-electron chi connectivity index (χ3n) is 3.73. The summed E-state index contributed by atoms with van der Waals surface area (Å²) in [5, 5.41) is 9.73. The van der Waals surface area contributed by atoms with Gasteiger partial charge in [0, 0.05) is 23.9 Å². The Morgan fingerprint density at radius 1 is 1.21 bits per heavy atom. The molecule has 2 aromatic heterocycles. The largest absolute Gasteiger partial charge is 0.383 e. The van der Waals surface area contributed by atoms with E-state index in [0.717, 1.165) is 5.69 Å². The van der Waals surface area contributed by atoms with E-state index >= 15 is 0 Å². The van der Waals surface area contributed by atoms with Gasteiger partial charge in [-0.25, -0.2) is 10.8 Å². The minimum absolute atomic E-state index is 0.165. The maximum Gasteiger partial charge on any atom is 0.253 e. The number of anilines is 1. The Kier molecular flexibility index (Phi) is 7.27. The molecule has 0 bridgehead atoms. The van der Waals surface area contributed by atoms with Gasteiger partial charge in [-0.15, -0.1) is 10.2 Å². The van der Waals surface area contributed by atoms with E-state index in [2.05, 4.69) is 25.6 Å². The Morgan fingerprint density at radius 3 is 2.72 bits per heavy atom. The van der Waals surface area contributed by atoms with Crippen molar-refractivity contribution >= 4 is 35.2 Å². The number of carbonyl (C=O) groups is 1. The fourth-order valence-electron chi connectivity index (χ4n) is 2.45. The molecular weight excluding hydrogens is 412 g/mol. The molecule has 0 atom stereocenters. The summed E-state index contributed by atoms with van der Waals surface area (Å²) in [6.07, 6.45) is 1.01. The number of hydrogen-bond donors (Lipinski definition) is 4. The van der Waals surface area contributed by atoms with Gasteiger partial charge < -0.3 is 10.7 Å². The molecular formula is C17H20N8O2S2. The number of hydrogen-bond acceptors (Lipinski definition) is 9. The number of nitrogen functional groups attached to an aromatic ring is 1. The van der Waals surface area contributed by atoms with Crippen LogP contribution in [0.1, 0.15) is 18.7 Å². The summed E-state index contributed by atoms with van der Waals surface area (Å²) in [5.74, 6) is 6.89. The topological polar surface area (TPSA) is 158 Å². The van der Waals surface area contributed by atoms with E-state index in [-0.39, 0.29) is 17.3 Å². The van der Waals surface area contributed by atoms with Crippen LogP contribution in [-0.2, 0) is 10.5 Å². The molecule has 0 saturated heterocycles. The van der Waals surface area contributed by atoms with Crippen molar-refractivity contribution in [1.82, 2.24) is 30.2 Å². The summed E-state index contributed by atoms with van der Waals surface area (Å²) < 4.78 is 1.95. The highest BCUT2D eigenvalue weighted by atomic mass is 32.2. The summed E-state index contributed by atoms with van der Waals surface area (Å²) >= 11 is 2.82. The van der Waals surface area contributed by atoms with Gasteiger partial charge in [0.05, 0.1) is 5.75 Å². The van der Waals surface area contributed by atoms with E-state index in [4.69, 9.17) is 11.6 Å². The zero-order valence-corrected chi connectivity index (χ0v) is 17.0. The van der Waals surface area contributed by atoms with Crippen LogP contribution in [0.2, 0.25) is 0 Å². The molecule has 0 unspecified atom stereocenters. The van der Waals surface area contributed by atoms with Crippen molar-refractivity contribution in [3.05, 3.63) is 52.6 Å². The first-order valence-electron chi connectivity index (χ1n) is 8.68. The van der Waals surface area contributed by atoms with E-state index < -0.39 is 0 Å². The highest BCUT2D eigenvalue weighted by molar-refractivity contribution is 7.99. The summed E-state index contributed by atoms with van der Waals surface area (Å²) in [4.78, 5) is 29.6. The quantitative estimate of drug-likeness (QED) is 0.0969. The van der Waals surface area contributed by atoms with E-state index in [0.29, 0.717) is 40.5 Å². The lowest BCUT2D eigenvalue weighted by Gasteiger charge is -2.10. The van der Waals surface area contributed by atoms with Crippen molar-refractivity contribution in [1.29, 1.82) is 0 Å². The third kappa shape index (κ3) is 5.82. The molecule has 1 amide bonds. The Labute approximate surface area is 174 Å². The number of amides is 1. The molecule has 0 aliphatic heterocycles. The first-order chi connectivity index (χ1) is 14.1.